The van der Waals surface area contributed by atoms with E-state index in [4.69, 9.17) is 9.84 Å². The molecule has 0 aromatic heterocycles. The number of piperidine rings is 1. The second-order valence-electron chi connectivity index (χ2n) is 2.96. The summed E-state index contributed by atoms with van der Waals surface area (Å²) < 4.78 is 4.90. The number of hydrogen-bond donors (Lipinski definition) is 4. The average molecular weight is 177 g/mol. The summed E-state index contributed by atoms with van der Waals surface area (Å²) in [5.74, 6) is 0. The van der Waals surface area contributed by atoms with Crippen LogP contribution < -0.4 is 5.32 Å². The van der Waals surface area contributed by atoms with Crippen molar-refractivity contribution in [2.45, 2.75) is 24.4 Å². The molecule has 1 aliphatic rings. The molecule has 1 heterocycles. The number of aliphatic hydroxyl groups excluding tert-OH is 3. The normalized spacial score (nSPS) is 43.0. The molecule has 0 saturated carbocycles. The highest BCUT2D eigenvalue weighted by molar-refractivity contribution is 4.92. The maximum absolute atomic E-state index is 9.49. The van der Waals surface area contributed by atoms with Crippen molar-refractivity contribution in [1.82, 2.24) is 5.32 Å². The van der Waals surface area contributed by atoms with Crippen molar-refractivity contribution < 1.29 is 20.1 Å². The van der Waals surface area contributed by atoms with Crippen LogP contribution >= 0.6 is 0 Å². The van der Waals surface area contributed by atoms with Crippen molar-refractivity contribution in [2.75, 3.05) is 20.3 Å². The van der Waals surface area contributed by atoms with Crippen LogP contribution in [0.2, 0.25) is 0 Å². The quantitative estimate of drug-likeness (QED) is 0.381. The van der Waals surface area contributed by atoms with E-state index >= 15 is 0 Å². The molecule has 0 amide bonds. The maximum atomic E-state index is 9.49. The summed E-state index contributed by atoms with van der Waals surface area (Å²) in [6, 6.07) is -0.404. The topological polar surface area (TPSA) is 82.0 Å². The van der Waals surface area contributed by atoms with Gasteiger partial charge in [0, 0.05) is 13.7 Å². The van der Waals surface area contributed by atoms with Gasteiger partial charge >= 0.3 is 0 Å². The van der Waals surface area contributed by atoms with Crippen molar-refractivity contribution in [2.24, 2.45) is 0 Å². The zero-order valence-corrected chi connectivity index (χ0v) is 6.97. The van der Waals surface area contributed by atoms with E-state index in [2.05, 4.69) is 5.32 Å². The van der Waals surface area contributed by atoms with Gasteiger partial charge in [0.05, 0.1) is 18.8 Å². The molecule has 5 nitrogen and oxygen atoms in total. The summed E-state index contributed by atoms with van der Waals surface area (Å²) >= 11 is 0. The number of ether oxygens (including phenoxy) is 1. The fourth-order valence-corrected chi connectivity index (χ4v) is 1.43. The van der Waals surface area contributed by atoms with Crippen LogP contribution in [0.4, 0.5) is 0 Å². The van der Waals surface area contributed by atoms with Crippen LogP contribution in [0.25, 0.3) is 0 Å². The number of aliphatic hydroxyl groups is 3. The van der Waals surface area contributed by atoms with E-state index in [0.717, 1.165) is 0 Å². The molecule has 1 saturated heterocycles. The molecule has 0 aromatic rings. The zero-order valence-electron chi connectivity index (χ0n) is 6.97. The summed E-state index contributed by atoms with van der Waals surface area (Å²) in [5.41, 5.74) is 0. The Labute approximate surface area is 71.0 Å². The Morgan fingerprint density at radius 1 is 1.50 bits per heavy atom. The van der Waals surface area contributed by atoms with Crippen LogP contribution in [-0.4, -0.2) is 59.9 Å². The monoisotopic (exact) mass is 177 g/mol. The van der Waals surface area contributed by atoms with Crippen LogP contribution in [0.3, 0.4) is 0 Å². The molecule has 0 bridgehead atoms. The van der Waals surface area contributed by atoms with Crippen molar-refractivity contribution in [3.8, 4) is 0 Å². The molecule has 12 heavy (non-hydrogen) atoms. The summed E-state index contributed by atoms with van der Waals surface area (Å²) in [5, 5.41) is 30.4. The first-order valence-corrected chi connectivity index (χ1v) is 3.94. The fourth-order valence-electron chi connectivity index (χ4n) is 1.43. The van der Waals surface area contributed by atoms with E-state index in [9.17, 15) is 10.2 Å². The lowest BCUT2D eigenvalue weighted by atomic mass is 9.96. The Kier molecular flexibility index (Phi) is 3.42. The average Bonchev–Trinajstić information content (AvgIpc) is 2.06. The SMILES string of the molecule is CO[C@H]1[C@H](O)[C@@H](CO)NC[C@@H]1O. The predicted molar refractivity (Wildman–Crippen MR) is 41.7 cm³/mol. The van der Waals surface area contributed by atoms with Crippen molar-refractivity contribution in [1.29, 1.82) is 0 Å². The summed E-state index contributed by atoms with van der Waals surface area (Å²) in [6.07, 6.45) is -2.18. The van der Waals surface area contributed by atoms with Gasteiger partial charge in [0.1, 0.15) is 12.2 Å². The molecule has 0 aliphatic carbocycles. The Hall–Kier alpha value is -0.200. The van der Waals surface area contributed by atoms with E-state index in [0.29, 0.717) is 6.54 Å². The minimum atomic E-state index is -0.858. The summed E-state index contributed by atoms with van der Waals surface area (Å²) in [4.78, 5) is 0. The van der Waals surface area contributed by atoms with Crippen LogP contribution in [0.5, 0.6) is 0 Å². The molecule has 5 heteroatoms. The molecular formula is C7H15NO4. The van der Waals surface area contributed by atoms with E-state index in [1.54, 1.807) is 0 Å². The maximum Gasteiger partial charge on any atom is 0.112 e. The first-order chi connectivity index (χ1) is 5.70. The summed E-state index contributed by atoms with van der Waals surface area (Å²) in [7, 11) is 1.43. The number of rotatable bonds is 2. The Bertz CT molecular complexity index is 143. The van der Waals surface area contributed by atoms with Gasteiger partial charge in [-0.05, 0) is 0 Å². The molecule has 1 rings (SSSR count). The lowest BCUT2D eigenvalue weighted by Gasteiger charge is -2.37. The van der Waals surface area contributed by atoms with Gasteiger partial charge in [0.25, 0.3) is 0 Å². The number of methoxy groups -OCH3 is 1. The second-order valence-corrected chi connectivity index (χ2v) is 2.96. The first kappa shape index (κ1) is 9.88. The van der Waals surface area contributed by atoms with Crippen LogP contribution in [-0.2, 0) is 4.74 Å². The van der Waals surface area contributed by atoms with Gasteiger partial charge in [0.2, 0.25) is 0 Å². The largest absolute Gasteiger partial charge is 0.395 e. The predicted octanol–water partition coefficient (Wildman–Crippen LogP) is -2.31. The van der Waals surface area contributed by atoms with E-state index in [1.165, 1.54) is 7.11 Å². The third kappa shape index (κ3) is 1.75. The molecule has 4 atom stereocenters. The third-order valence-electron chi connectivity index (χ3n) is 2.19. The van der Waals surface area contributed by atoms with E-state index < -0.39 is 24.4 Å². The van der Waals surface area contributed by atoms with Gasteiger partial charge in [-0.15, -0.1) is 0 Å². The zero-order chi connectivity index (χ0) is 9.14. The van der Waals surface area contributed by atoms with E-state index in [-0.39, 0.29) is 6.61 Å². The van der Waals surface area contributed by atoms with Crippen molar-refractivity contribution in [3.05, 3.63) is 0 Å². The number of β-amino-alcohol motifs (C(OH)–C–C–N with tert-alkyl or cyclic N) is 1. The summed E-state index contributed by atoms with van der Waals surface area (Å²) in [6.45, 7) is 0.175. The van der Waals surface area contributed by atoms with Gasteiger partial charge in [-0.25, -0.2) is 0 Å². The van der Waals surface area contributed by atoms with E-state index in [1.807, 2.05) is 0 Å². The second kappa shape index (κ2) is 4.15. The molecule has 0 spiro atoms. The third-order valence-corrected chi connectivity index (χ3v) is 2.19. The van der Waals surface area contributed by atoms with Gasteiger partial charge < -0.3 is 25.4 Å². The highest BCUT2D eigenvalue weighted by atomic mass is 16.5. The van der Waals surface area contributed by atoms with Crippen LogP contribution in [0.15, 0.2) is 0 Å². The fraction of sp³-hybridized carbons (Fsp3) is 1.00. The first-order valence-electron chi connectivity index (χ1n) is 3.94. The molecule has 1 fully saturated rings. The minimum absolute atomic E-state index is 0.159. The Balaban J connectivity index is 2.56. The van der Waals surface area contributed by atoms with Gasteiger partial charge in [-0.3, -0.25) is 0 Å². The van der Waals surface area contributed by atoms with Gasteiger partial charge in [-0.1, -0.05) is 0 Å². The highest BCUT2D eigenvalue weighted by Gasteiger charge is 2.37. The van der Waals surface area contributed by atoms with Crippen molar-refractivity contribution >= 4 is 0 Å². The smallest absolute Gasteiger partial charge is 0.112 e. The number of hydrogen-bond acceptors (Lipinski definition) is 5. The Morgan fingerprint density at radius 3 is 2.67 bits per heavy atom. The molecule has 72 valence electrons. The molecule has 1 aliphatic heterocycles. The van der Waals surface area contributed by atoms with Gasteiger partial charge in [-0.2, -0.15) is 0 Å². The van der Waals surface area contributed by atoms with Gasteiger partial charge in [0.15, 0.2) is 0 Å². The van der Waals surface area contributed by atoms with Crippen LogP contribution in [0, 0.1) is 0 Å². The standard InChI is InChI=1S/C7H15NO4/c1-12-7-5(10)2-8-4(3-9)6(7)11/h4-11H,2-3H2,1H3/t4-,5+,6-,7-/m1/s1. The Morgan fingerprint density at radius 2 is 2.17 bits per heavy atom. The minimum Gasteiger partial charge on any atom is -0.395 e. The van der Waals surface area contributed by atoms with Crippen molar-refractivity contribution in [3.63, 3.8) is 0 Å². The molecule has 4 N–H and O–H groups in total. The lowest BCUT2D eigenvalue weighted by Crippen LogP contribution is -2.61. The molecule has 0 unspecified atom stereocenters. The molecule has 0 aromatic carbocycles. The number of nitrogens with one attached hydrogen (secondary N) is 1. The molecular weight excluding hydrogens is 162 g/mol. The molecule has 0 radical (unpaired) electrons. The lowest BCUT2D eigenvalue weighted by molar-refractivity contribution is -0.118. The van der Waals surface area contributed by atoms with Crippen LogP contribution in [0.1, 0.15) is 0 Å². The highest BCUT2D eigenvalue weighted by Crippen LogP contribution is 2.12.